The molecule has 0 saturated carbocycles. The number of hydrogen-bond acceptors (Lipinski definition) is 6. The van der Waals surface area contributed by atoms with Gasteiger partial charge in [-0.15, -0.1) is 0 Å². The molecule has 37 heavy (non-hydrogen) atoms. The van der Waals surface area contributed by atoms with Gasteiger partial charge in [0.15, 0.2) is 5.75 Å². The van der Waals surface area contributed by atoms with Crippen molar-refractivity contribution in [2.45, 2.75) is 50.8 Å². The molecule has 0 radical (unpaired) electrons. The lowest BCUT2D eigenvalue weighted by molar-refractivity contribution is 0.0954. The van der Waals surface area contributed by atoms with E-state index in [9.17, 15) is 13.2 Å². The Morgan fingerprint density at radius 1 is 1.00 bits per heavy atom. The molecule has 0 fully saturated rings. The van der Waals surface area contributed by atoms with Crippen molar-refractivity contribution in [2.24, 2.45) is 5.14 Å². The van der Waals surface area contributed by atoms with Gasteiger partial charge in [0, 0.05) is 43.5 Å². The predicted molar refractivity (Wildman–Crippen MR) is 147 cm³/mol. The number of sulfonamides is 1. The van der Waals surface area contributed by atoms with Gasteiger partial charge in [0.05, 0.1) is 5.69 Å². The average molecular weight is 525 g/mol. The number of carbonyl (C=O) groups excluding carboxylic acids is 1. The zero-order valence-corrected chi connectivity index (χ0v) is 22.3. The maximum Gasteiger partial charge on any atom is 0.251 e. The van der Waals surface area contributed by atoms with E-state index in [4.69, 9.17) is 9.88 Å². The summed E-state index contributed by atoms with van der Waals surface area (Å²) in [6.45, 7) is 5.93. The van der Waals surface area contributed by atoms with Gasteiger partial charge < -0.3 is 15.0 Å². The van der Waals surface area contributed by atoms with Crippen LogP contribution in [0.15, 0.2) is 71.8 Å². The van der Waals surface area contributed by atoms with E-state index in [1.807, 2.05) is 24.3 Å². The Morgan fingerprint density at radius 2 is 1.68 bits per heavy atom. The van der Waals surface area contributed by atoms with Gasteiger partial charge >= 0.3 is 0 Å². The summed E-state index contributed by atoms with van der Waals surface area (Å²) in [5.41, 5.74) is 1.59. The van der Waals surface area contributed by atoms with Gasteiger partial charge in [-0.3, -0.25) is 9.78 Å². The highest BCUT2D eigenvalue weighted by Crippen LogP contribution is 2.39. The summed E-state index contributed by atoms with van der Waals surface area (Å²) < 4.78 is 31.7. The molecule has 198 valence electrons. The minimum atomic E-state index is -4.21. The van der Waals surface area contributed by atoms with Crippen LogP contribution in [-0.4, -0.2) is 38.9 Å². The number of nitrogens with zero attached hydrogens (tertiary/aromatic N) is 2. The quantitative estimate of drug-likeness (QED) is 0.310. The van der Waals surface area contributed by atoms with E-state index in [1.54, 1.807) is 36.5 Å². The van der Waals surface area contributed by atoms with Crippen LogP contribution in [0.1, 0.15) is 55.6 Å². The Hall–Kier alpha value is -3.43. The highest BCUT2D eigenvalue weighted by atomic mass is 32.2. The maximum absolute atomic E-state index is 13.2. The summed E-state index contributed by atoms with van der Waals surface area (Å²) in [6, 6.07) is 17.6. The molecule has 0 atom stereocenters. The smallest absolute Gasteiger partial charge is 0.251 e. The largest absolute Gasteiger partial charge is 0.454 e. The fraction of sp³-hybridized carbons (Fsp3) is 0.357. The van der Waals surface area contributed by atoms with Crippen molar-refractivity contribution in [3.63, 3.8) is 0 Å². The molecule has 8 nitrogen and oxygen atoms in total. The summed E-state index contributed by atoms with van der Waals surface area (Å²) in [5, 5.41) is 8.53. The number of pyridine rings is 1. The van der Waals surface area contributed by atoms with Crippen LogP contribution < -0.4 is 20.1 Å². The van der Waals surface area contributed by atoms with Gasteiger partial charge in [0.25, 0.3) is 5.91 Å². The normalized spacial score (nSPS) is 11.2. The Balaban J connectivity index is 2.04. The number of aromatic nitrogens is 1. The van der Waals surface area contributed by atoms with Crippen molar-refractivity contribution in [1.82, 2.24) is 10.3 Å². The van der Waals surface area contributed by atoms with Gasteiger partial charge in [0.1, 0.15) is 10.6 Å². The zero-order valence-electron chi connectivity index (χ0n) is 21.5. The molecule has 0 aliphatic heterocycles. The SMILES string of the molecule is CCCCN(CCCC)c1cc(C(=O)NCCc2ccccn2)cc(S(N)(=O)=O)c1Oc1ccccc1. The van der Waals surface area contributed by atoms with E-state index in [-0.39, 0.29) is 22.1 Å². The number of para-hydroxylation sites is 1. The first-order chi connectivity index (χ1) is 17.8. The molecule has 1 aromatic heterocycles. The lowest BCUT2D eigenvalue weighted by Gasteiger charge is -2.28. The van der Waals surface area contributed by atoms with Crippen molar-refractivity contribution in [2.75, 3.05) is 24.5 Å². The highest BCUT2D eigenvalue weighted by Gasteiger charge is 2.26. The molecule has 3 N–H and O–H groups in total. The molecule has 0 bridgehead atoms. The van der Waals surface area contributed by atoms with Crippen molar-refractivity contribution < 1.29 is 17.9 Å². The number of nitrogens with two attached hydrogens (primary N) is 1. The number of amides is 1. The molecular formula is C28H36N4O4S. The van der Waals surface area contributed by atoms with Crippen LogP contribution in [0.25, 0.3) is 0 Å². The summed E-state index contributed by atoms with van der Waals surface area (Å²) in [7, 11) is -4.21. The number of hydrogen-bond donors (Lipinski definition) is 2. The molecule has 3 rings (SSSR count). The summed E-state index contributed by atoms with van der Waals surface area (Å²) in [6.07, 6.45) is 5.99. The summed E-state index contributed by atoms with van der Waals surface area (Å²) >= 11 is 0. The standard InChI is InChI=1S/C28H36N4O4S/c1-3-5-18-32(19-6-4-2)25-20-22(28(33)31-17-15-23-12-10-11-16-30-23)21-26(37(29,34)35)27(25)36-24-13-8-7-9-14-24/h7-14,16,20-21H,3-6,15,17-19H2,1-2H3,(H,31,33)(H2,29,34,35). The van der Waals surface area contributed by atoms with Gasteiger partial charge in [-0.2, -0.15) is 0 Å². The molecule has 2 aromatic carbocycles. The number of nitrogens with one attached hydrogen (secondary N) is 1. The summed E-state index contributed by atoms with van der Waals surface area (Å²) in [5.74, 6) is 0.220. The van der Waals surface area contributed by atoms with E-state index in [2.05, 4.69) is 29.0 Å². The second-order valence-corrected chi connectivity index (χ2v) is 10.3. The third-order valence-electron chi connectivity index (χ3n) is 5.86. The minimum absolute atomic E-state index is 0.131. The Kier molecular flexibility index (Phi) is 10.5. The van der Waals surface area contributed by atoms with Crippen LogP contribution in [-0.2, 0) is 16.4 Å². The van der Waals surface area contributed by atoms with Crippen LogP contribution >= 0.6 is 0 Å². The van der Waals surface area contributed by atoms with Crippen LogP contribution in [0, 0.1) is 0 Å². The molecule has 0 spiro atoms. The van der Waals surface area contributed by atoms with Crippen LogP contribution in [0.4, 0.5) is 5.69 Å². The molecule has 9 heteroatoms. The number of unbranched alkanes of at least 4 members (excludes halogenated alkanes) is 2. The van der Waals surface area contributed by atoms with Gasteiger partial charge in [0.2, 0.25) is 10.0 Å². The molecule has 0 saturated heterocycles. The third kappa shape index (κ3) is 8.30. The second kappa shape index (κ2) is 13.8. The minimum Gasteiger partial charge on any atom is -0.454 e. The molecule has 3 aromatic rings. The Bertz CT molecular complexity index is 1240. The van der Waals surface area contributed by atoms with Crippen molar-refractivity contribution in [3.05, 3.63) is 78.1 Å². The average Bonchev–Trinajstić information content (AvgIpc) is 2.89. The fourth-order valence-electron chi connectivity index (χ4n) is 3.88. The number of ether oxygens (including phenoxy) is 1. The zero-order chi connectivity index (χ0) is 26.7. The molecular weight excluding hydrogens is 488 g/mol. The van der Waals surface area contributed by atoms with Crippen LogP contribution in [0.5, 0.6) is 11.5 Å². The third-order valence-corrected chi connectivity index (χ3v) is 6.78. The Morgan fingerprint density at radius 3 is 2.27 bits per heavy atom. The lowest BCUT2D eigenvalue weighted by atomic mass is 10.1. The molecule has 1 heterocycles. The topological polar surface area (TPSA) is 115 Å². The van der Waals surface area contributed by atoms with E-state index < -0.39 is 10.0 Å². The highest BCUT2D eigenvalue weighted by molar-refractivity contribution is 7.89. The molecule has 0 aliphatic rings. The fourth-order valence-corrected chi connectivity index (χ4v) is 4.57. The van der Waals surface area contributed by atoms with Gasteiger partial charge in [-0.25, -0.2) is 13.6 Å². The first-order valence-electron chi connectivity index (χ1n) is 12.7. The van der Waals surface area contributed by atoms with E-state index in [1.165, 1.54) is 6.07 Å². The molecule has 1 amide bonds. The molecule has 0 unspecified atom stereocenters. The van der Waals surface area contributed by atoms with Crippen LogP contribution in [0.3, 0.4) is 0 Å². The van der Waals surface area contributed by atoms with Crippen molar-refractivity contribution in [3.8, 4) is 11.5 Å². The monoisotopic (exact) mass is 524 g/mol. The van der Waals surface area contributed by atoms with Crippen molar-refractivity contribution in [1.29, 1.82) is 0 Å². The lowest BCUT2D eigenvalue weighted by Crippen LogP contribution is -2.29. The van der Waals surface area contributed by atoms with E-state index in [0.29, 0.717) is 37.5 Å². The number of carbonyl (C=O) groups is 1. The Labute approximate surface area is 219 Å². The summed E-state index contributed by atoms with van der Waals surface area (Å²) in [4.78, 5) is 19.3. The first kappa shape index (κ1) is 28.1. The second-order valence-electron chi connectivity index (χ2n) is 8.80. The number of primary sulfonamides is 1. The first-order valence-corrected chi connectivity index (χ1v) is 14.2. The molecule has 0 aliphatic carbocycles. The number of benzene rings is 2. The van der Waals surface area contributed by atoms with Gasteiger partial charge in [-0.1, -0.05) is 51.0 Å². The maximum atomic E-state index is 13.2. The number of anilines is 1. The predicted octanol–water partition coefficient (Wildman–Crippen LogP) is 4.90. The van der Waals surface area contributed by atoms with E-state index >= 15 is 0 Å². The van der Waals surface area contributed by atoms with Gasteiger partial charge in [-0.05, 0) is 49.2 Å². The van der Waals surface area contributed by atoms with Crippen molar-refractivity contribution >= 4 is 21.6 Å². The van der Waals surface area contributed by atoms with E-state index in [0.717, 1.165) is 31.4 Å². The number of rotatable bonds is 14. The van der Waals surface area contributed by atoms with Crippen LogP contribution in [0.2, 0.25) is 0 Å².